The first-order valence-electron chi connectivity index (χ1n) is 28.5. The van der Waals surface area contributed by atoms with Crippen LogP contribution in [0.1, 0.15) is 87.5 Å². The molecule has 2 atom stereocenters. The maximum Gasteiger partial charge on any atom is 0.337 e. The van der Waals surface area contributed by atoms with Gasteiger partial charge in [-0.25, -0.2) is 9.59 Å². The van der Waals surface area contributed by atoms with Gasteiger partial charge in [-0.2, -0.15) is 0 Å². The second kappa shape index (κ2) is 29.3. The lowest BCUT2D eigenvalue weighted by Gasteiger charge is -2.37. The smallest absolute Gasteiger partial charge is 0.337 e. The van der Waals surface area contributed by atoms with Gasteiger partial charge < -0.3 is 47.4 Å². The van der Waals surface area contributed by atoms with Crippen LogP contribution in [0.4, 0.5) is 0 Å². The second-order valence-corrected chi connectivity index (χ2v) is 20.4. The highest BCUT2D eigenvalue weighted by Crippen LogP contribution is 2.55. The van der Waals surface area contributed by atoms with Crippen LogP contribution in [0, 0.1) is 11.8 Å². The molecule has 4 bridgehead atoms. The van der Waals surface area contributed by atoms with Gasteiger partial charge in [0.05, 0.1) is 64.0 Å². The van der Waals surface area contributed by atoms with Crippen molar-refractivity contribution in [3.05, 3.63) is 215 Å². The van der Waals surface area contributed by atoms with Crippen LogP contribution >= 0.6 is 0 Å². The zero-order chi connectivity index (χ0) is 55.2. The Bertz CT molecular complexity index is 2630. The molecule has 12 heteroatoms. The molecule has 5 heterocycles. The van der Waals surface area contributed by atoms with Crippen LogP contribution < -0.4 is 9.47 Å². The van der Waals surface area contributed by atoms with Gasteiger partial charge in [-0.3, -0.25) is 0 Å². The van der Waals surface area contributed by atoms with Crippen LogP contribution in [0.25, 0.3) is 11.1 Å². The van der Waals surface area contributed by atoms with Gasteiger partial charge in [0, 0.05) is 34.1 Å². The van der Waals surface area contributed by atoms with E-state index in [0.29, 0.717) is 88.4 Å². The molecule has 0 aliphatic carbocycles. The van der Waals surface area contributed by atoms with Crippen molar-refractivity contribution in [3.63, 3.8) is 0 Å². The van der Waals surface area contributed by atoms with Crippen molar-refractivity contribution in [1.82, 2.24) is 0 Å². The summed E-state index contributed by atoms with van der Waals surface area (Å²) in [6.45, 7) is 7.45. The molecule has 0 N–H and O–H groups in total. The molecule has 0 aromatic heterocycles. The summed E-state index contributed by atoms with van der Waals surface area (Å²) in [5.41, 5.74) is 5.33. The van der Waals surface area contributed by atoms with E-state index in [4.69, 9.17) is 47.4 Å². The van der Waals surface area contributed by atoms with E-state index >= 15 is 0 Å². The first kappa shape index (κ1) is 57.5. The van der Waals surface area contributed by atoms with Gasteiger partial charge in [-0.15, -0.1) is 0 Å². The molecule has 6 aromatic rings. The zero-order valence-electron chi connectivity index (χ0n) is 46.4. The number of allylic oxidation sites excluding steroid dienone is 2. The maximum atomic E-state index is 14.3. The van der Waals surface area contributed by atoms with Crippen LogP contribution in [0.15, 0.2) is 193 Å². The minimum Gasteiger partial charge on any atom is -0.491 e. The number of hydrogen-bond acceptors (Lipinski definition) is 12. The Morgan fingerprint density at radius 3 is 0.912 bits per heavy atom. The van der Waals surface area contributed by atoms with Gasteiger partial charge in [-0.1, -0.05) is 184 Å². The summed E-state index contributed by atoms with van der Waals surface area (Å²) in [5, 5.41) is 0. The molecule has 0 radical (unpaired) electrons. The number of esters is 2. The van der Waals surface area contributed by atoms with Crippen molar-refractivity contribution in [3.8, 4) is 22.6 Å². The standard InChI is InChI=1S/C68H76O12/c1-51-63-61(67(79-51,55-21-11-7-12-22-55)56-23-13-8-14-24-56)29-19-5-3-4-6-20-30-62-64(52(2)80-68(62,57-25-15-9-16-26-57)58-27-17-10-18-28-58)66(70)78-50-46-74-42-40-72-44-48-76-60-37-33-54(34-38-60)53-31-35-59(36-32-53)75-47-43-71-39-41-73-45-49-77-65(63)69/h7-18,21-28,31-38,61-62H,3-6,19-20,29-30,39-50H2,1-2H3. The highest BCUT2D eigenvalue weighted by Gasteiger charge is 2.55. The first-order valence-corrected chi connectivity index (χ1v) is 28.5. The molecule has 12 nitrogen and oxygen atoms in total. The third-order valence-corrected chi connectivity index (χ3v) is 15.3. The van der Waals surface area contributed by atoms with E-state index in [1.165, 1.54) is 0 Å². The number of rotatable bonds is 4. The molecular formula is C68H76O12. The molecule has 5 aliphatic rings. The molecular weight excluding hydrogens is 1010 g/mol. The first-order chi connectivity index (χ1) is 39.4. The molecule has 0 amide bonds. The highest BCUT2D eigenvalue weighted by molar-refractivity contribution is 5.91. The van der Waals surface area contributed by atoms with Crippen LogP contribution in [-0.4, -0.2) is 91.2 Å². The van der Waals surface area contributed by atoms with Crippen molar-refractivity contribution in [2.45, 2.75) is 76.4 Å². The molecule has 5 aliphatic heterocycles. The number of fused-ring (bicyclic) bond motifs is 2. The van der Waals surface area contributed by atoms with E-state index in [9.17, 15) is 9.59 Å². The largest absolute Gasteiger partial charge is 0.491 e. The molecule has 0 fully saturated rings. The lowest BCUT2D eigenvalue weighted by Crippen LogP contribution is -2.37. The van der Waals surface area contributed by atoms with E-state index in [2.05, 4.69) is 48.5 Å². The normalized spacial score (nSPS) is 20.9. The summed E-state index contributed by atoms with van der Waals surface area (Å²) >= 11 is 0. The lowest BCUT2D eigenvalue weighted by atomic mass is 9.71. The number of ether oxygens (including phenoxy) is 10. The van der Waals surface area contributed by atoms with Crippen LogP contribution in [0.2, 0.25) is 0 Å². The van der Waals surface area contributed by atoms with Gasteiger partial charge in [0.25, 0.3) is 0 Å². The van der Waals surface area contributed by atoms with Gasteiger partial charge in [0.2, 0.25) is 0 Å². The van der Waals surface area contributed by atoms with Gasteiger partial charge in [0.1, 0.15) is 49.4 Å². The summed E-state index contributed by atoms with van der Waals surface area (Å²) in [7, 11) is 0. The monoisotopic (exact) mass is 1080 g/mol. The molecule has 80 heavy (non-hydrogen) atoms. The van der Waals surface area contributed by atoms with E-state index in [0.717, 1.165) is 83.4 Å². The zero-order valence-corrected chi connectivity index (χ0v) is 46.4. The van der Waals surface area contributed by atoms with Crippen molar-refractivity contribution >= 4 is 11.9 Å². The molecule has 420 valence electrons. The fraction of sp³-hybridized carbons (Fsp3) is 0.382. The maximum absolute atomic E-state index is 14.3. The second-order valence-electron chi connectivity index (χ2n) is 20.4. The molecule has 0 saturated carbocycles. The van der Waals surface area contributed by atoms with E-state index in [-0.39, 0.29) is 38.3 Å². The Balaban J connectivity index is 0.879. The minimum absolute atomic E-state index is 0.0935. The fourth-order valence-electron chi connectivity index (χ4n) is 11.5. The average molecular weight is 1090 g/mol. The van der Waals surface area contributed by atoms with Gasteiger partial charge in [-0.05, 0) is 62.1 Å². The Morgan fingerprint density at radius 2 is 0.600 bits per heavy atom. The van der Waals surface area contributed by atoms with Crippen molar-refractivity contribution in [2.24, 2.45) is 11.8 Å². The Labute approximate surface area is 471 Å². The number of benzene rings is 6. The van der Waals surface area contributed by atoms with Gasteiger partial charge >= 0.3 is 11.9 Å². The summed E-state index contributed by atoms with van der Waals surface area (Å²) in [6.07, 6.45) is 7.10. The molecule has 11 rings (SSSR count). The van der Waals surface area contributed by atoms with E-state index < -0.39 is 23.1 Å². The third-order valence-electron chi connectivity index (χ3n) is 15.3. The fourth-order valence-corrected chi connectivity index (χ4v) is 11.5. The predicted octanol–water partition coefficient (Wildman–Crippen LogP) is 13.1. The summed E-state index contributed by atoms with van der Waals surface area (Å²) in [6, 6.07) is 56.8. The predicted molar refractivity (Wildman–Crippen MR) is 307 cm³/mol. The Kier molecular flexibility index (Phi) is 21.0. The van der Waals surface area contributed by atoms with Crippen LogP contribution in [-0.2, 0) is 58.7 Å². The highest BCUT2D eigenvalue weighted by atomic mass is 16.6. The van der Waals surface area contributed by atoms with Gasteiger partial charge in [0.15, 0.2) is 11.2 Å². The van der Waals surface area contributed by atoms with Crippen molar-refractivity contribution in [1.29, 1.82) is 0 Å². The summed E-state index contributed by atoms with van der Waals surface area (Å²) in [5.74, 6) is 1.25. The third kappa shape index (κ3) is 14.2. The van der Waals surface area contributed by atoms with Crippen LogP contribution in [0.3, 0.4) is 0 Å². The summed E-state index contributed by atoms with van der Waals surface area (Å²) in [4.78, 5) is 28.6. The Morgan fingerprint density at radius 1 is 0.325 bits per heavy atom. The van der Waals surface area contributed by atoms with E-state index in [1.807, 2.05) is 135 Å². The number of carbonyl (C=O) groups is 2. The number of hydrogen-bond donors (Lipinski definition) is 0. The quantitative estimate of drug-likeness (QED) is 0.156. The lowest BCUT2D eigenvalue weighted by molar-refractivity contribution is -0.142. The SMILES string of the molecule is CC1=C2C(=O)OCCOCCOCCOc3ccc(cc3)-c3ccc(cc3)OCCOCCOCCOC(=O)C3=C(C)OC(c4ccccc4)(c4ccccc4)C3CCCCCCCCC2C(c2ccccc2)(c2ccccc2)O1. The minimum atomic E-state index is -0.921. The van der Waals surface area contributed by atoms with Crippen molar-refractivity contribution in [2.75, 3.05) is 79.3 Å². The summed E-state index contributed by atoms with van der Waals surface area (Å²) < 4.78 is 61.0. The topological polar surface area (TPSA) is 126 Å². The molecule has 6 aromatic carbocycles. The van der Waals surface area contributed by atoms with E-state index in [1.54, 1.807) is 0 Å². The molecule has 0 spiro atoms. The molecule has 0 saturated heterocycles. The number of carbonyl (C=O) groups excluding carboxylic acids is 2. The van der Waals surface area contributed by atoms with Crippen molar-refractivity contribution < 1.29 is 57.0 Å². The van der Waals surface area contributed by atoms with Crippen LogP contribution in [0.5, 0.6) is 11.5 Å². The average Bonchev–Trinajstić information content (AvgIpc) is 4.11. The Hall–Kier alpha value is -7.22. The molecule has 2 unspecified atom stereocenters.